The van der Waals surface area contributed by atoms with Gasteiger partial charge in [0.15, 0.2) is 0 Å². The van der Waals surface area contributed by atoms with E-state index in [1.54, 1.807) is 7.11 Å². The number of hydrogen-bond acceptors (Lipinski definition) is 2. The van der Waals surface area contributed by atoms with Crippen LogP contribution in [0.25, 0.3) is 0 Å². The van der Waals surface area contributed by atoms with Crippen LogP contribution in [-0.4, -0.2) is 35.4 Å². The Morgan fingerprint density at radius 2 is 2.00 bits per heavy atom. The van der Waals surface area contributed by atoms with Gasteiger partial charge in [0.05, 0.1) is 0 Å². The minimum atomic E-state index is -0.663. The van der Waals surface area contributed by atoms with Gasteiger partial charge in [0.2, 0.25) is 0 Å². The van der Waals surface area contributed by atoms with E-state index < -0.39 is 5.79 Å². The molecule has 0 N–H and O–H groups in total. The Balaban J connectivity index is 2.41. The molecule has 2 rings (SSSR count). The van der Waals surface area contributed by atoms with Gasteiger partial charge in [0.25, 0.3) is 0 Å². The molecular weight excluding hydrogens is 355 g/mol. The third-order valence-electron chi connectivity index (χ3n) is 3.78. The van der Waals surface area contributed by atoms with Crippen LogP contribution in [-0.2, 0) is 9.47 Å². The first-order valence-electron chi connectivity index (χ1n) is 7.03. The summed E-state index contributed by atoms with van der Waals surface area (Å²) in [5.41, 5.74) is 2.50. The molecule has 0 bridgehead atoms. The van der Waals surface area contributed by atoms with Crippen LogP contribution >= 0.6 is 0 Å². The second-order valence-electron chi connectivity index (χ2n) is 6.47. The normalized spacial score (nSPS) is 26.7. The van der Waals surface area contributed by atoms with Crippen LogP contribution in [0.5, 0.6) is 0 Å². The first-order valence-corrected chi connectivity index (χ1v) is 8.46. The van der Waals surface area contributed by atoms with Crippen molar-refractivity contribution in [1.29, 1.82) is 0 Å². The van der Waals surface area contributed by atoms with Crippen molar-refractivity contribution in [3.63, 3.8) is 0 Å². The molecule has 2 aliphatic carbocycles. The average Bonchev–Trinajstić information content (AvgIpc) is 2.76. The fourth-order valence-electron chi connectivity index (χ4n) is 2.68. The number of hydrogen-bond donors (Lipinski definition) is 0. The van der Waals surface area contributed by atoms with E-state index >= 15 is 0 Å². The summed E-state index contributed by atoms with van der Waals surface area (Å²) in [4.78, 5) is 0. The summed E-state index contributed by atoms with van der Waals surface area (Å²) >= 11 is 1.42. The molecule has 0 amide bonds. The van der Waals surface area contributed by atoms with E-state index in [1.165, 1.54) is 37.3 Å². The molecule has 0 aromatic carbocycles. The molecule has 0 spiro atoms. The summed E-state index contributed by atoms with van der Waals surface area (Å²) in [6.45, 7) is 8.78. The summed E-state index contributed by atoms with van der Waals surface area (Å²) in [6, 6.07) is 0. The van der Waals surface area contributed by atoms with Crippen molar-refractivity contribution in [2.24, 2.45) is 5.41 Å². The molecule has 20 heavy (non-hydrogen) atoms. The number of rotatable bonds is 3. The molecular formula is C17H23O2Sn. The zero-order chi connectivity index (χ0) is 15.0. The van der Waals surface area contributed by atoms with Gasteiger partial charge in [-0.2, -0.15) is 0 Å². The van der Waals surface area contributed by atoms with Gasteiger partial charge in [-0.3, -0.25) is 0 Å². The molecule has 2 aliphatic rings. The summed E-state index contributed by atoms with van der Waals surface area (Å²) in [7, 11) is 1.75. The van der Waals surface area contributed by atoms with E-state index in [0.717, 1.165) is 18.6 Å². The van der Waals surface area contributed by atoms with Crippen molar-refractivity contribution < 1.29 is 9.47 Å². The van der Waals surface area contributed by atoms with Gasteiger partial charge >= 0.3 is 136 Å². The van der Waals surface area contributed by atoms with E-state index in [1.807, 2.05) is 0 Å². The predicted molar refractivity (Wildman–Crippen MR) is 83.3 cm³/mol. The SMILES string of the molecule is COC1(OC2=[C]([Sn])CC=C2)CC=C(C)C=C1C(C)(C)C. The molecule has 0 heterocycles. The van der Waals surface area contributed by atoms with Crippen LogP contribution in [0.2, 0.25) is 0 Å². The van der Waals surface area contributed by atoms with E-state index in [0.29, 0.717) is 0 Å². The Labute approximate surface area is 135 Å². The molecule has 3 heteroatoms. The third-order valence-corrected chi connectivity index (χ3v) is 5.06. The summed E-state index contributed by atoms with van der Waals surface area (Å²) < 4.78 is 13.6. The Morgan fingerprint density at radius 1 is 1.30 bits per heavy atom. The first kappa shape index (κ1) is 15.9. The van der Waals surface area contributed by atoms with Crippen molar-refractivity contribution in [3.8, 4) is 0 Å². The molecule has 0 saturated heterocycles. The third kappa shape index (κ3) is 3.06. The van der Waals surface area contributed by atoms with Crippen molar-refractivity contribution in [2.45, 2.75) is 46.3 Å². The molecule has 0 saturated carbocycles. The second kappa shape index (κ2) is 5.72. The Bertz CT molecular complexity index is 518. The topological polar surface area (TPSA) is 18.5 Å². The zero-order valence-corrected chi connectivity index (χ0v) is 15.9. The molecule has 0 fully saturated rings. The molecule has 2 nitrogen and oxygen atoms in total. The van der Waals surface area contributed by atoms with Crippen LogP contribution in [0.15, 0.2) is 44.8 Å². The van der Waals surface area contributed by atoms with Crippen LogP contribution in [0.3, 0.4) is 0 Å². The number of ether oxygens (including phenoxy) is 2. The predicted octanol–water partition coefficient (Wildman–Crippen LogP) is 4.01. The van der Waals surface area contributed by atoms with Gasteiger partial charge in [-0.25, -0.2) is 0 Å². The fraction of sp³-hybridized carbons (Fsp3) is 0.529. The molecule has 0 aromatic heterocycles. The van der Waals surface area contributed by atoms with Crippen molar-refractivity contribution in [1.82, 2.24) is 0 Å². The van der Waals surface area contributed by atoms with E-state index in [4.69, 9.17) is 9.47 Å². The second-order valence-corrected chi connectivity index (χ2v) is 8.19. The number of methoxy groups -OCH3 is 1. The van der Waals surface area contributed by atoms with E-state index in [2.05, 4.69) is 52.0 Å². The number of allylic oxidation sites excluding steroid dienone is 5. The molecule has 0 aliphatic heterocycles. The molecule has 3 radical (unpaired) electrons. The minimum absolute atomic E-state index is 0.00964. The summed E-state index contributed by atoms with van der Waals surface area (Å²) in [5, 5.41) is 0. The molecule has 1 atom stereocenters. The van der Waals surface area contributed by atoms with Crippen LogP contribution in [0, 0.1) is 5.41 Å². The fourth-order valence-corrected chi connectivity index (χ4v) is 3.40. The Hall–Kier alpha value is -0.481. The van der Waals surface area contributed by atoms with Crippen LogP contribution in [0.4, 0.5) is 0 Å². The summed E-state index contributed by atoms with van der Waals surface area (Å²) in [5.74, 6) is 0.331. The Kier molecular flexibility index (Phi) is 4.55. The molecule has 107 valence electrons. The van der Waals surface area contributed by atoms with Gasteiger partial charge in [0.1, 0.15) is 0 Å². The molecule has 1 unspecified atom stereocenters. The van der Waals surface area contributed by atoms with Crippen LogP contribution in [0.1, 0.15) is 40.5 Å². The standard InChI is InChI=1S/C17H23O2.Sn/c1-13-10-11-17(18-5,15(12-13)16(2,3)4)19-14-8-6-7-9-14;/h6,8,10,12H,7,11H2,1-5H3;. The van der Waals surface area contributed by atoms with Crippen molar-refractivity contribution in [3.05, 3.63) is 44.8 Å². The maximum atomic E-state index is 6.37. The maximum absolute atomic E-state index is 6.37. The van der Waals surface area contributed by atoms with Crippen molar-refractivity contribution in [2.75, 3.05) is 7.11 Å². The van der Waals surface area contributed by atoms with Crippen LogP contribution < -0.4 is 0 Å². The molecule has 0 aromatic rings. The van der Waals surface area contributed by atoms with Gasteiger partial charge in [-0.1, -0.05) is 0 Å². The van der Waals surface area contributed by atoms with E-state index in [9.17, 15) is 0 Å². The first-order chi connectivity index (χ1) is 9.28. The van der Waals surface area contributed by atoms with Gasteiger partial charge in [-0.05, 0) is 0 Å². The Morgan fingerprint density at radius 3 is 2.50 bits per heavy atom. The monoisotopic (exact) mass is 379 g/mol. The summed E-state index contributed by atoms with van der Waals surface area (Å²) in [6.07, 6.45) is 10.4. The average molecular weight is 378 g/mol. The van der Waals surface area contributed by atoms with Gasteiger partial charge in [-0.15, -0.1) is 0 Å². The quantitative estimate of drug-likeness (QED) is 0.546. The van der Waals surface area contributed by atoms with Crippen molar-refractivity contribution >= 4 is 22.5 Å². The van der Waals surface area contributed by atoms with Gasteiger partial charge in [0, 0.05) is 0 Å². The van der Waals surface area contributed by atoms with Gasteiger partial charge < -0.3 is 0 Å². The van der Waals surface area contributed by atoms with E-state index in [-0.39, 0.29) is 5.41 Å². The zero-order valence-electron chi connectivity index (χ0n) is 13.0.